The lowest BCUT2D eigenvalue weighted by molar-refractivity contribution is -0.385. The third-order valence-corrected chi connectivity index (χ3v) is 4.66. The average Bonchev–Trinajstić information content (AvgIpc) is 3.56. The molecule has 0 aliphatic carbocycles. The van der Waals surface area contributed by atoms with Crippen molar-refractivity contribution >= 4 is 29.8 Å². The quantitative estimate of drug-likeness (QED) is 0.302. The second-order valence-electron chi connectivity index (χ2n) is 6.66. The normalized spacial score (nSPS) is 13.6. The maximum absolute atomic E-state index is 11.4. The Morgan fingerprint density at radius 3 is 1.97 bits per heavy atom. The van der Waals surface area contributed by atoms with Crippen LogP contribution in [0.4, 0.5) is 17.3 Å². The van der Waals surface area contributed by atoms with Gasteiger partial charge in [-0.05, 0) is 12.1 Å². The molecule has 1 N–H and O–H groups in total. The first-order valence-electron chi connectivity index (χ1n) is 9.39. The molecule has 16 nitrogen and oxygen atoms in total. The number of anilines is 1. The van der Waals surface area contributed by atoms with Crippen LogP contribution in [0.2, 0.25) is 0 Å². The van der Waals surface area contributed by atoms with Crippen LogP contribution in [0.15, 0.2) is 40.8 Å². The highest BCUT2D eigenvalue weighted by Gasteiger charge is 2.23. The molecule has 5 rings (SSSR count). The van der Waals surface area contributed by atoms with E-state index in [0.29, 0.717) is 11.5 Å². The number of ether oxygens (including phenoxy) is 4. The standard InChI is InChI=1S/C18H12N8O8/c27-25(28)12-3-16-14(31-8-33-16)1-10(12)5-19-22-18-23-20-7-24(18)21-6-11-2-15-17(34-9-32-15)4-13(11)26(29)30/h1-7H,8-9H2,(H,22,23). The first-order valence-corrected chi connectivity index (χ1v) is 9.39. The molecule has 0 saturated carbocycles. The molecule has 2 aliphatic heterocycles. The Bertz CT molecular complexity index is 1370. The third kappa shape index (κ3) is 3.85. The monoisotopic (exact) mass is 468 g/mol. The number of hydrazone groups is 1. The largest absolute Gasteiger partial charge is 0.454 e. The molecule has 34 heavy (non-hydrogen) atoms. The van der Waals surface area contributed by atoms with Crippen LogP contribution in [0.1, 0.15) is 11.1 Å². The number of hydrogen-bond donors (Lipinski definition) is 1. The lowest BCUT2D eigenvalue weighted by Crippen LogP contribution is -2.01. The van der Waals surface area contributed by atoms with Gasteiger partial charge in [0.2, 0.25) is 13.6 Å². The van der Waals surface area contributed by atoms with E-state index in [1.165, 1.54) is 47.7 Å². The van der Waals surface area contributed by atoms with Crippen LogP contribution < -0.4 is 24.4 Å². The summed E-state index contributed by atoms with van der Waals surface area (Å²) in [7, 11) is 0. The van der Waals surface area contributed by atoms with Crippen molar-refractivity contribution in [3.8, 4) is 23.0 Å². The molecule has 0 radical (unpaired) electrons. The molecule has 3 heterocycles. The predicted molar refractivity (Wildman–Crippen MR) is 113 cm³/mol. The molecule has 0 atom stereocenters. The van der Waals surface area contributed by atoms with E-state index in [-0.39, 0.29) is 53.5 Å². The summed E-state index contributed by atoms with van der Waals surface area (Å²) in [5.41, 5.74) is 2.42. The molecule has 3 aromatic rings. The summed E-state index contributed by atoms with van der Waals surface area (Å²) in [6.45, 7) is -0.0693. The van der Waals surface area contributed by atoms with Crippen LogP contribution in [0.3, 0.4) is 0 Å². The van der Waals surface area contributed by atoms with E-state index < -0.39 is 9.85 Å². The summed E-state index contributed by atoms with van der Waals surface area (Å²) in [5, 5.41) is 38.3. The number of aromatic nitrogens is 3. The number of fused-ring (bicyclic) bond motifs is 2. The predicted octanol–water partition coefficient (Wildman–Crippen LogP) is 1.88. The van der Waals surface area contributed by atoms with Crippen LogP contribution in [0.5, 0.6) is 23.0 Å². The van der Waals surface area contributed by atoms with E-state index in [0.717, 1.165) is 0 Å². The van der Waals surface area contributed by atoms with Crippen molar-refractivity contribution in [2.45, 2.75) is 0 Å². The molecule has 0 amide bonds. The number of hydrogen-bond acceptors (Lipinski definition) is 13. The van der Waals surface area contributed by atoms with Crippen LogP contribution >= 0.6 is 0 Å². The molecule has 2 aromatic carbocycles. The maximum Gasteiger partial charge on any atom is 0.282 e. The van der Waals surface area contributed by atoms with Gasteiger partial charge in [-0.15, -0.1) is 10.2 Å². The minimum Gasteiger partial charge on any atom is -0.454 e. The fourth-order valence-electron chi connectivity index (χ4n) is 3.09. The van der Waals surface area contributed by atoms with E-state index in [1.807, 2.05) is 0 Å². The van der Waals surface area contributed by atoms with Crippen LogP contribution in [-0.2, 0) is 0 Å². The zero-order valence-corrected chi connectivity index (χ0v) is 16.9. The van der Waals surface area contributed by atoms with Gasteiger partial charge in [-0.2, -0.15) is 14.9 Å². The molecule has 0 bridgehead atoms. The van der Waals surface area contributed by atoms with Gasteiger partial charge in [-0.3, -0.25) is 20.2 Å². The summed E-state index contributed by atoms with van der Waals surface area (Å²) in [4.78, 5) is 21.6. The Kier molecular flexibility index (Phi) is 5.05. The molecular formula is C18H12N8O8. The highest BCUT2D eigenvalue weighted by atomic mass is 16.7. The summed E-state index contributed by atoms with van der Waals surface area (Å²) in [6, 6.07) is 5.35. The smallest absolute Gasteiger partial charge is 0.282 e. The van der Waals surface area contributed by atoms with Crippen LogP contribution in [0.25, 0.3) is 0 Å². The van der Waals surface area contributed by atoms with Crippen LogP contribution in [0, 0.1) is 20.2 Å². The minimum atomic E-state index is -0.575. The van der Waals surface area contributed by atoms with Crippen molar-refractivity contribution in [3.63, 3.8) is 0 Å². The van der Waals surface area contributed by atoms with E-state index in [2.05, 4.69) is 25.8 Å². The molecule has 16 heteroatoms. The Hall–Kier alpha value is -5.28. The van der Waals surface area contributed by atoms with Crippen LogP contribution in [-0.4, -0.2) is 50.7 Å². The van der Waals surface area contributed by atoms with Crippen molar-refractivity contribution < 1.29 is 28.8 Å². The van der Waals surface area contributed by atoms with Gasteiger partial charge >= 0.3 is 0 Å². The molecule has 1 aromatic heterocycles. The van der Waals surface area contributed by atoms with Gasteiger partial charge in [-0.1, -0.05) is 0 Å². The van der Waals surface area contributed by atoms with Gasteiger partial charge < -0.3 is 18.9 Å². The van der Waals surface area contributed by atoms with Crippen molar-refractivity contribution in [1.29, 1.82) is 0 Å². The SMILES string of the molecule is O=[N+]([O-])c1cc2c(cc1C=NNc1nncn1N=Cc1cc3c(cc1[N+](=O)[O-])OCO3)OCO2. The molecule has 2 aliphatic rings. The van der Waals surface area contributed by atoms with E-state index in [4.69, 9.17) is 18.9 Å². The Balaban J connectivity index is 1.37. The van der Waals surface area contributed by atoms with Gasteiger partial charge in [0.05, 0.1) is 45.5 Å². The Labute approximate surface area is 188 Å². The third-order valence-electron chi connectivity index (χ3n) is 4.66. The van der Waals surface area contributed by atoms with Gasteiger partial charge in [0, 0.05) is 0 Å². The first-order chi connectivity index (χ1) is 16.5. The summed E-state index contributed by atoms with van der Waals surface area (Å²) < 4.78 is 22.0. The number of nitrogens with one attached hydrogen (secondary N) is 1. The maximum atomic E-state index is 11.4. The van der Waals surface area contributed by atoms with Gasteiger partial charge in [0.25, 0.3) is 17.3 Å². The minimum absolute atomic E-state index is 0.0338. The average molecular weight is 468 g/mol. The van der Waals surface area contributed by atoms with Crippen molar-refractivity contribution in [1.82, 2.24) is 14.9 Å². The number of nitro groups is 2. The second-order valence-corrected chi connectivity index (χ2v) is 6.66. The first kappa shape index (κ1) is 20.6. The topological polar surface area (TPSA) is 191 Å². The molecule has 172 valence electrons. The van der Waals surface area contributed by atoms with Crippen molar-refractivity contribution in [2.75, 3.05) is 19.0 Å². The van der Waals surface area contributed by atoms with E-state index in [1.54, 1.807) is 0 Å². The Morgan fingerprint density at radius 1 is 0.882 bits per heavy atom. The van der Waals surface area contributed by atoms with E-state index in [9.17, 15) is 20.2 Å². The Morgan fingerprint density at radius 2 is 1.41 bits per heavy atom. The number of nitrogens with zero attached hydrogens (tertiary/aromatic N) is 7. The number of rotatable bonds is 7. The van der Waals surface area contributed by atoms with Crippen molar-refractivity contribution in [2.24, 2.45) is 10.2 Å². The molecule has 0 saturated heterocycles. The van der Waals surface area contributed by atoms with Gasteiger partial charge in [0.15, 0.2) is 23.0 Å². The lowest BCUT2D eigenvalue weighted by Gasteiger charge is -2.02. The molecule has 0 unspecified atom stereocenters. The van der Waals surface area contributed by atoms with Crippen molar-refractivity contribution in [3.05, 3.63) is 61.9 Å². The fourth-order valence-corrected chi connectivity index (χ4v) is 3.09. The van der Waals surface area contributed by atoms with Gasteiger partial charge in [0.1, 0.15) is 6.33 Å². The zero-order chi connectivity index (χ0) is 23.7. The molecule has 0 spiro atoms. The highest BCUT2D eigenvalue weighted by Crippen LogP contribution is 2.38. The lowest BCUT2D eigenvalue weighted by atomic mass is 10.1. The molecular weight excluding hydrogens is 456 g/mol. The van der Waals surface area contributed by atoms with Gasteiger partial charge in [-0.25, -0.2) is 5.43 Å². The summed E-state index contributed by atoms with van der Waals surface area (Å²) in [6.07, 6.45) is 3.66. The highest BCUT2D eigenvalue weighted by molar-refractivity contribution is 5.88. The number of nitro benzene ring substituents is 2. The van der Waals surface area contributed by atoms with E-state index >= 15 is 0 Å². The summed E-state index contributed by atoms with van der Waals surface area (Å²) >= 11 is 0. The molecule has 0 fully saturated rings. The fraction of sp³-hybridized carbons (Fsp3) is 0.111. The summed E-state index contributed by atoms with van der Waals surface area (Å²) in [5.74, 6) is 1.28. The zero-order valence-electron chi connectivity index (χ0n) is 16.9. The second kappa shape index (κ2) is 8.34. The number of benzene rings is 2.